The summed E-state index contributed by atoms with van der Waals surface area (Å²) < 4.78 is 25.5. The van der Waals surface area contributed by atoms with Gasteiger partial charge in [0.15, 0.2) is 5.65 Å². The molecule has 118 valence electrons. The van der Waals surface area contributed by atoms with E-state index in [4.69, 9.17) is 5.73 Å². The molecule has 1 fully saturated rings. The maximum atomic E-state index is 12.7. The standard InChI is InChI=1S/C14H18F2N6/c1-8-5-9(2)19-12-10(8)11(17)20-13(21-12)18-3-4-22-6-14(15,16)7-22/h5H,3-4,6-7H2,1-2H3,(H3,17,18,19,20,21). The molecule has 3 heterocycles. The molecule has 0 unspecified atom stereocenters. The van der Waals surface area contributed by atoms with Crippen LogP contribution < -0.4 is 11.1 Å². The lowest BCUT2D eigenvalue weighted by atomic mass is 10.1. The number of aryl methyl sites for hydroxylation is 2. The van der Waals surface area contributed by atoms with Crippen LogP contribution in [0.25, 0.3) is 11.0 Å². The van der Waals surface area contributed by atoms with Crippen LogP contribution >= 0.6 is 0 Å². The zero-order valence-electron chi connectivity index (χ0n) is 12.5. The average Bonchev–Trinajstić information content (AvgIpc) is 2.34. The minimum absolute atomic E-state index is 0.185. The van der Waals surface area contributed by atoms with E-state index in [2.05, 4.69) is 20.3 Å². The molecule has 0 aromatic carbocycles. The van der Waals surface area contributed by atoms with Gasteiger partial charge in [0.2, 0.25) is 5.95 Å². The van der Waals surface area contributed by atoms with Crippen molar-refractivity contribution in [2.45, 2.75) is 19.8 Å². The minimum atomic E-state index is -2.54. The van der Waals surface area contributed by atoms with E-state index in [9.17, 15) is 8.78 Å². The molecule has 0 saturated carbocycles. The third kappa shape index (κ3) is 2.92. The third-order valence-corrected chi connectivity index (χ3v) is 3.64. The SMILES string of the molecule is Cc1cc(C)c2c(N)nc(NCCN3CC(F)(F)C3)nc2n1. The molecule has 1 saturated heterocycles. The number of rotatable bonds is 4. The summed E-state index contributed by atoms with van der Waals surface area (Å²) in [6.07, 6.45) is 0. The normalized spacial score (nSPS) is 17.5. The van der Waals surface area contributed by atoms with Crippen LogP contribution in [0, 0.1) is 13.8 Å². The quantitative estimate of drug-likeness (QED) is 0.893. The topological polar surface area (TPSA) is 80.0 Å². The lowest BCUT2D eigenvalue weighted by Gasteiger charge is -2.38. The highest BCUT2D eigenvalue weighted by molar-refractivity contribution is 5.89. The Morgan fingerprint density at radius 2 is 2.00 bits per heavy atom. The number of aromatic nitrogens is 3. The van der Waals surface area contributed by atoms with Crippen molar-refractivity contribution >= 4 is 22.8 Å². The van der Waals surface area contributed by atoms with E-state index >= 15 is 0 Å². The van der Waals surface area contributed by atoms with Gasteiger partial charge in [-0.3, -0.25) is 4.90 Å². The van der Waals surface area contributed by atoms with Crippen molar-refractivity contribution in [3.8, 4) is 0 Å². The molecule has 2 aromatic rings. The van der Waals surface area contributed by atoms with E-state index in [0.717, 1.165) is 16.6 Å². The number of nitrogen functional groups attached to an aromatic ring is 1. The maximum Gasteiger partial charge on any atom is 0.272 e. The predicted molar refractivity (Wildman–Crippen MR) is 81.1 cm³/mol. The molecule has 22 heavy (non-hydrogen) atoms. The fourth-order valence-electron chi connectivity index (χ4n) is 2.68. The maximum absolute atomic E-state index is 12.7. The minimum Gasteiger partial charge on any atom is -0.383 e. The largest absolute Gasteiger partial charge is 0.383 e. The number of likely N-dealkylation sites (tertiary alicyclic amines) is 1. The summed E-state index contributed by atoms with van der Waals surface area (Å²) in [7, 11) is 0. The summed E-state index contributed by atoms with van der Waals surface area (Å²) >= 11 is 0. The second kappa shape index (κ2) is 5.28. The van der Waals surface area contributed by atoms with Gasteiger partial charge in [-0.25, -0.2) is 13.8 Å². The van der Waals surface area contributed by atoms with Gasteiger partial charge in [0.25, 0.3) is 5.92 Å². The van der Waals surface area contributed by atoms with Crippen molar-refractivity contribution in [1.82, 2.24) is 19.9 Å². The summed E-state index contributed by atoms with van der Waals surface area (Å²) in [4.78, 5) is 14.6. The molecule has 8 heteroatoms. The molecule has 0 radical (unpaired) electrons. The molecule has 3 N–H and O–H groups in total. The Labute approximate surface area is 126 Å². The molecule has 2 aromatic heterocycles. The van der Waals surface area contributed by atoms with Gasteiger partial charge >= 0.3 is 0 Å². The van der Waals surface area contributed by atoms with Crippen LogP contribution in [-0.4, -0.2) is 52.0 Å². The number of halogens is 2. The fourth-order valence-corrected chi connectivity index (χ4v) is 2.68. The van der Waals surface area contributed by atoms with E-state index in [1.807, 2.05) is 19.9 Å². The van der Waals surface area contributed by atoms with Gasteiger partial charge in [-0.2, -0.15) is 9.97 Å². The van der Waals surface area contributed by atoms with Crippen molar-refractivity contribution in [3.05, 3.63) is 17.3 Å². The van der Waals surface area contributed by atoms with Gasteiger partial charge in [0.05, 0.1) is 18.5 Å². The molecule has 0 spiro atoms. The van der Waals surface area contributed by atoms with Crippen molar-refractivity contribution in [2.24, 2.45) is 0 Å². The van der Waals surface area contributed by atoms with E-state index in [0.29, 0.717) is 30.5 Å². The highest BCUT2D eigenvalue weighted by Crippen LogP contribution is 2.26. The number of hydrogen-bond acceptors (Lipinski definition) is 6. The number of pyridine rings is 1. The number of nitrogens with two attached hydrogens (primary N) is 1. The van der Waals surface area contributed by atoms with Crippen molar-refractivity contribution in [2.75, 3.05) is 37.2 Å². The third-order valence-electron chi connectivity index (χ3n) is 3.64. The lowest BCUT2D eigenvalue weighted by molar-refractivity contribution is -0.128. The Hall–Kier alpha value is -2.09. The monoisotopic (exact) mass is 308 g/mol. The van der Waals surface area contributed by atoms with Gasteiger partial charge in [-0.1, -0.05) is 0 Å². The summed E-state index contributed by atoms with van der Waals surface area (Å²) in [6, 6.07) is 1.93. The zero-order chi connectivity index (χ0) is 15.9. The second-order valence-electron chi connectivity index (χ2n) is 5.70. The summed E-state index contributed by atoms with van der Waals surface area (Å²) in [5.41, 5.74) is 8.36. The second-order valence-corrected chi connectivity index (χ2v) is 5.70. The molecule has 0 amide bonds. The first-order valence-corrected chi connectivity index (χ1v) is 7.09. The van der Waals surface area contributed by atoms with Crippen LogP contribution in [0.2, 0.25) is 0 Å². The van der Waals surface area contributed by atoms with E-state index < -0.39 is 5.92 Å². The van der Waals surface area contributed by atoms with Gasteiger partial charge < -0.3 is 11.1 Å². The Morgan fingerprint density at radius 3 is 2.68 bits per heavy atom. The first-order valence-electron chi connectivity index (χ1n) is 7.09. The van der Waals surface area contributed by atoms with Gasteiger partial charge in [0, 0.05) is 18.8 Å². The number of anilines is 2. The molecule has 0 aliphatic carbocycles. The average molecular weight is 308 g/mol. The van der Waals surface area contributed by atoms with Crippen LogP contribution in [0.15, 0.2) is 6.07 Å². The lowest BCUT2D eigenvalue weighted by Crippen LogP contribution is -2.57. The Bertz CT molecular complexity index is 710. The molecule has 0 bridgehead atoms. The first-order chi connectivity index (χ1) is 10.3. The van der Waals surface area contributed by atoms with Crippen LogP contribution in [-0.2, 0) is 0 Å². The zero-order valence-corrected chi connectivity index (χ0v) is 12.5. The molecular formula is C14H18F2N6. The first kappa shape index (κ1) is 14.8. The number of nitrogens with zero attached hydrogens (tertiary/aromatic N) is 4. The van der Waals surface area contributed by atoms with Crippen molar-refractivity contribution < 1.29 is 8.78 Å². The molecule has 3 rings (SSSR count). The van der Waals surface area contributed by atoms with Crippen LogP contribution in [0.3, 0.4) is 0 Å². The number of hydrogen-bond donors (Lipinski definition) is 2. The van der Waals surface area contributed by atoms with E-state index in [-0.39, 0.29) is 13.1 Å². The van der Waals surface area contributed by atoms with Gasteiger partial charge in [0.1, 0.15) is 5.82 Å². The fraction of sp³-hybridized carbons (Fsp3) is 0.500. The van der Waals surface area contributed by atoms with Crippen molar-refractivity contribution in [1.29, 1.82) is 0 Å². The highest BCUT2D eigenvalue weighted by Gasteiger charge is 2.43. The molecule has 6 nitrogen and oxygen atoms in total. The summed E-state index contributed by atoms with van der Waals surface area (Å²) in [5.74, 6) is -1.80. The van der Waals surface area contributed by atoms with Gasteiger partial charge in [-0.05, 0) is 25.5 Å². The molecule has 1 aliphatic heterocycles. The molecular weight excluding hydrogens is 290 g/mol. The molecule has 0 atom stereocenters. The molecule has 1 aliphatic rings. The van der Waals surface area contributed by atoms with Crippen LogP contribution in [0.1, 0.15) is 11.3 Å². The number of alkyl halides is 2. The predicted octanol–water partition coefficient (Wildman–Crippen LogP) is 1.59. The Kier molecular flexibility index (Phi) is 3.56. The summed E-state index contributed by atoms with van der Waals surface area (Å²) in [5, 5.41) is 3.76. The number of nitrogens with one attached hydrogen (secondary N) is 1. The number of fused-ring (bicyclic) bond motifs is 1. The van der Waals surface area contributed by atoms with Crippen LogP contribution in [0.5, 0.6) is 0 Å². The highest BCUT2D eigenvalue weighted by atomic mass is 19.3. The Balaban J connectivity index is 1.69. The van der Waals surface area contributed by atoms with E-state index in [1.54, 1.807) is 4.90 Å². The summed E-state index contributed by atoms with van der Waals surface area (Å²) in [6.45, 7) is 4.45. The van der Waals surface area contributed by atoms with E-state index in [1.165, 1.54) is 0 Å². The van der Waals surface area contributed by atoms with Gasteiger partial charge in [-0.15, -0.1) is 0 Å². The van der Waals surface area contributed by atoms with Crippen molar-refractivity contribution in [3.63, 3.8) is 0 Å². The van der Waals surface area contributed by atoms with Crippen LogP contribution in [0.4, 0.5) is 20.5 Å². The Morgan fingerprint density at radius 1 is 1.27 bits per heavy atom. The smallest absolute Gasteiger partial charge is 0.272 e.